The molecule has 33 heavy (non-hydrogen) atoms. The fourth-order valence-electron chi connectivity index (χ4n) is 3.30. The molecule has 0 heterocycles. The molecule has 0 saturated heterocycles. The molecule has 0 spiro atoms. The second-order valence-corrected chi connectivity index (χ2v) is 8.65. The molecule has 1 saturated carbocycles. The molecule has 1 fully saturated rings. The average Bonchev–Trinajstić information content (AvgIpc) is 3.60. The molecular formula is C25H26Cl2N2O4. The molecule has 1 aromatic carbocycles. The van der Waals surface area contributed by atoms with Gasteiger partial charge in [0, 0.05) is 11.5 Å². The third-order valence-electron chi connectivity index (χ3n) is 5.26. The van der Waals surface area contributed by atoms with Gasteiger partial charge < -0.3 is 20.9 Å². The van der Waals surface area contributed by atoms with Gasteiger partial charge in [0.05, 0.1) is 27.0 Å². The summed E-state index contributed by atoms with van der Waals surface area (Å²) in [6, 6.07) is 5.02. The van der Waals surface area contributed by atoms with Crippen molar-refractivity contribution < 1.29 is 19.4 Å². The maximum atomic E-state index is 13.0. The number of benzene rings is 1. The Balaban J connectivity index is 1.82. The minimum absolute atomic E-state index is 0.00624. The molecule has 0 atom stereocenters. The second-order valence-electron chi connectivity index (χ2n) is 7.83. The molecule has 0 bridgehead atoms. The summed E-state index contributed by atoms with van der Waals surface area (Å²) in [7, 11) is 0. The molecule has 2 aliphatic rings. The zero-order chi connectivity index (χ0) is 24.1. The van der Waals surface area contributed by atoms with E-state index in [0.717, 1.165) is 24.8 Å². The van der Waals surface area contributed by atoms with Crippen LogP contribution in [0.2, 0.25) is 10.0 Å². The number of carboxylic acid groups (broad SMARTS) is 1. The molecule has 6 nitrogen and oxygen atoms in total. The van der Waals surface area contributed by atoms with Crippen molar-refractivity contribution in [2.24, 2.45) is 11.7 Å². The Bertz CT molecular complexity index is 1100. The van der Waals surface area contributed by atoms with Crippen LogP contribution in [0.3, 0.4) is 0 Å². The van der Waals surface area contributed by atoms with Gasteiger partial charge >= 0.3 is 5.97 Å². The highest BCUT2D eigenvalue weighted by Crippen LogP contribution is 2.37. The van der Waals surface area contributed by atoms with Gasteiger partial charge in [-0.15, -0.1) is 0 Å². The number of carbonyl (C=O) groups is 2. The number of allylic oxidation sites excluding steroid dienone is 5. The van der Waals surface area contributed by atoms with Crippen LogP contribution in [-0.4, -0.2) is 23.5 Å². The van der Waals surface area contributed by atoms with Gasteiger partial charge in [-0.25, -0.2) is 4.79 Å². The maximum absolute atomic E-state index is 13.0. The molecule has 0 aliphatic heterocycles. The van der Waals surface area contributed by atoms with E-state index in [1.807, 2.05) is 19.9 Å². The number of carbonyl (C=O) groups excluding carboxylic acids is 1. The van der Waals surface area contributed by atoms with Crippen molar-refractivity contribution in [3.63, 3.8) is 0 Å². The number of ketones is 1. The Morgan fingerprint density at radius 2 is 1.94 bits per heavy atom. The number of rotatable bonds is 11. The van der Waals surface area contributed by atoms with Crippen LogP contribution in [-0.2, 0) is 14.3 Å². The summed E-state index contributed by atoms with van der Waals surface area (Å²) in [5, 5.41) is 13.0. The van der Waals surface area contributed by atoms with Crippen LogP contribution in [0.25, 0.3) is 5.70 Å². The van der Waals surface area contributed by atoms with Gasteiger partial charge in [0.1, 0.15) is 18.1 Å². The average molecular weight is 489 g/mol. The van der Waals surface area contributed by atoms with Gasteiger partial charge in [-0.1, -0.05) is 48.3 Å². The van der Waals surface area contributed by atoms with Crippen molar-refractivity contribution in [1.29, 1.82) is 0 Å². The van der Waals surface area contributed by atoms with E-state index in [1.165, 1.54) is 6.08 Å². The summed E-state index contributed by atoms with van der Waals surface area (Å²) in [4.78, 5) is 24.6. The van der Waals surface area contributed by atoms with E-state index < -0.39 is 5.97 Å². The fraction of sp³-hybridized carbons (Fsp3) is 0.280. The number of aliphatic carboxylic acids is 1. The lowest BCUT2D eigenvalue weighted by Crippen LogP contribution is -2.26. The first-order chi connectivity index (χ1) is 15.7. The molecule has 174 valence electrons. The van der Waals surface area contributed by atoms with E-state index in [0.29, 0.717) is 32.6 Å². The van der Waals surface area contributed by atoms with Crippen molar-refractivity contribution in [2.45, 2.75) is 33.1 Å². The maximum Gasteiger partial charge on any atom is 0.352 e. The lowest BCUT2D eigenvalue weighted by molar-refractivity contribution is -0.133. The highest BCUT2D eigenvalue weighted by molar-refractivity contribution is 6.37. The second kappa shape index (κ2) is 10.8. The smallest absolute Gasteiger partial charge is 0.352 e. The molecule has 4 N–H and O–H groups in total. The normalized spacial score (nSPS) is 16.8. The third kappa shape index (κ3) is 5.89. The standard InChI is InChI=1S/C25H26Cl2N2O4/c1-3-4-5-9-19(25(31)32)29-20-12-14(2)24(20)33-13-16(23(30)15-10-11-15)22(28)21-17(26)7-6-8-18(21)27/h4-9,12,15,29H,3,10-11,13,28H2,1-2H3,(H,31,32)/b5-4+,19-9-,22-16?. The molecule has 0 aromatic heterocycles. The molecule has 0 amide bonds. The third-order valence-corrected chi connectivity index (χ3v) is 5.89. The summed E-state index contributed by atoms with van der Waals surface area (Å²) < 4.78 is 5.96. The minimum Gasteiger partial charge on any atom is -0.486 e. The molecule has 3 rings (SSSR count). The number of nitrogens with one attached hydrogen (secondary N) is 1. The lowest BCUT2D eigenvalue weighted by Gasteiger charge is -2.25. The fourth-order valence-corrected chi connectivity index (χ4v) is 3.90. The number of hydrogen-bond acceptors (Lipinski definition) is 5. The van der Waals surface area contributed by atoms with E-state index in [1.54, 1.807) is 30.4 Å². The van der Waals surface area contributed by atoms with Crippen molar-refractivity contribution in [1.82, 2.24) is 5.32 Å². The van der Waals surface area contributed by atoms with Crippen LogP contribution in [0, 0.1) is 5.92 Å². The Labute approximate surface area is 203 Å². The van der Waals surface area contributed by atoms with Crippen LogP contribution in [0.1, 0.15) is 38.7 Å². The summed E-state index contributed by atoms with van der Waals surface area (Å²) >= 11 is 12.6. The van der Waals surface area contributed by atoms with Gasteiger partial charge in [-0.3, -0.25) is 4.79 Å². The number of carboxylic acids is 1. The van der Waals surface area contributed by atoms with E-state index in [4.69, 9.17) is 33.7 Å². The van der Waals surface area contributed by atoms with Gasteiger partial charge in [0.2, 0.25) is 0 Å². The number of halogens is 2. The van der Waals surface area contributed by atoms with E-state index in [-0.39, 0.29) is 29.7 Å². The zero-order valence-electron chi connectivity index (χ0n) is 18.5. The zero-order valence-corrected chi connectivity index (χ0v) is 20.0. The summed E-state index contributed by atoms with van der Waals surface area (Å²) in [5.74, 6) is -0.793. The predicted molar refractivity (Wildman–Crippen MR) is 130 cm³/mol. The first-order valence-corrected chi connectivity index (χ1v) is 11.4. The monoisotopic (exact) mass is 488 g/mol. The molecule has 0 unspecified atom stereocenters. The summed E-state index contributed by atoms with van der Waals surface area (Å²) in [5.41, 5.74) is 8.61. The first-order valence-electron chi connectivity index (χ1n) is 10.6. The Kier molecular flexibility index (Phi) is 8.06. The summed E-state index contributed by atoms with van der Waals surface area (Å²) in [6.45, 7) is 3.71. The highest BCUT2D eigenvalue weighted by atomic mass is 35.5. The Morgan fingerprint density at radius 1 is 1.27 bits per heavy atom. The van der Waals surface area contributed by atoms with Crippen molar-refractivity contribution in [3.8, 4) is 0 Å². The van der Waals surface area contributed by atoms with E-state index in [2.05, 4.69) is 5.32 Å². The Hall–Kier alpha value is -2.96. The van der Waals surface area contributed by atoms with Gasteiger partial charge in [-0.2, -0.15) is 0 Å². The highest BCUT2D eigenvalue weighted by Gasteiger charge is 2.34. The van der Waals surface area contributed by atoms with Crippen LogP contribution in [0.15, 0.2) is 70.8 Å². The van der Waals surface area contributed by atoms with E-state index >= 15 is 0 Å². The number of Topliss-reactive ketones (excluding diaryl/α,β-unsaturated/α-hetero) is 1. The van der Waals surface area contributed by atoms with Gasteiger partial charge in [0.25, 0.3) is 0 Å². The van der Waals surface area contributed by atoms with Crippen LogP contribution in [0.5, 0.6) is 0 Å². The summed E-state index contributed by atoms with van der Waals surface area (Å²) in [6.07, 6.45) is 9.18. The van der Waals surface area contributed by atoms with Crippen LogP contribution < -0.4 is 11.1 Å². The quantitative estimate of drug-likeness (QED) is 0.286. The van der Waals surface area contributed by atoms with E-state index in [9.17, 15) is 14.7 Å². The van der Waals surface area contributed by atoms with Crippen LogP contribution >= 0.6 is 23.2 Å². The van der Waals surface area contributed by atoms with Crippen molar-refractivity contribution in [3.05, 3.63) is 86.4 Å². The SMILES string of the molecule is CC/C=C/C=C(\NC1=CC(C)=C1OCC(C(=O)C1CC1)=C(N)c1c(Cl)cccc1Cl)C(=O)O. The van der Waals surface area contributed by atoms with Crippen molar-refractivity contribution >= 4 is 40.7 Å². The topological polar surface area (TPSA) is 102 Å². The molecular weight excluding hydrogens is 463 g/mol. The molecule has 2 aliphatic carbocycles. The molecule has 1 aromatic rings. The number of hydrogen-bond donors (Lipinski definition) is 3. The number of ether oxygens (including phenoxy) is 1. The molecule has 8 heteroatoms. The van der Waals surface area contributed by atoms with Gasteiger partial charge in [0.15, 0.2) is 5.78 Å². The number of nitrogens with two attached hydrogens (primary N) is 1. The van der Waals surface area contributed by atoms with Crippen LogP contribution in [0.4, 0.5) is 0 Å². The van der Waals surface area contributed by atoms with Gasteiger partial charge in [-0.05, 0) is 56.0 Å². The lowest BCUT2D eigenvalue weighted by atomic mass is 10.00. The first kappa shape index (κ1) is 24.7. The largest absolute Gasteiger partial charge is 0.486 e. The van der Waals surface area contributed by atoms with Crippen molar-refractivity contribution in [2.75, 3.05) is 6.61 Å². The predicted octanol–water partition coefficient (Wildman–Crippen LogP) is 5.35. The molecule has 0 radical (unpaired) electrons. The Morgan fingerprint density at radius 3 is 2.48 bits per heavy atom. The minimum atomic E-state index is -1.09.